The standard InChI is InChI=1S/C13H15N3O/c1-11-13(12-5-3-2-4-6-12)17-8-7-16(11)10-15-9-14/h2-6,10-11,13H,7-8H2,1H3. The van der Waals surface area contributed by atoms with E-state index in [1.807, 2.05) is 23.1 Å². The van der Waals surface area contributed by atoms with E-state index in [9.17, 15) is 0 Å². The summed E-state index contributed by atoms with van der Waals surface area (Å²) in [4.78, 5) is 5.67. The number of nitrogens with zero attached hydrogens (tertiary/aromatic N) is 3. The van der Waals surface area contributed by atoms with Crippen LogP contribution in [0.25, 0.3) is 0 Å². The number of nitriles is 1. The summed E-state index contributed by atoms with van der Waals surface area (Å²) in [5.41, 5.74) is 1.16. The highest BCUT2D eigenvalue weighted by atomic mass is 16.5. The Morgan fingerprint density at radius 1 is 1.47 bits per heavy atom. The maximum absolute atomic E-state index is 8.46. The number of benzene rings is 1. The molecule has 0 radical (unpaired) electrons. The van der Waals surface area contributed by atoms with Crippen LogP contribution in [0, 0.1) is 11.5 Å². The largest absolute Gasteiger partial charge is 0.370 e. The zero-order chi connectivity index (χ0) is 12.1. The molecule has 0 aromatic heterocycles. The Morgan fingerprint density at radius 3 is 2.94 bits per heavy atom. The lowest BCUT2D eigenvalue weighted by atomic mass is 10.0. The number of rotatable bonds is 2. The van der Waals surface area contributed by atoms with E-state index < -0.39 is 0 Å². The van der Waals surface area contributed by atoms with E-state index in [0.717, 1.165) is 12.1 Å². The molecule has 1 aromatic rings. The van der Waals surface area contributed by atoms with Crippen LogP contribution >= 0.6 is 0 Å². The molecule has 88 valence electrons. The van der Waals surface area contributed by atoms with E-state index in [1.165, 1.54) is 0 Å². The van der Waals surface area contributed by atoms with E-state index in [-0.39, 0.29) is 12.1 Å². The van der Waals surface area contributed by atoms with Crippen LogP contribution in [0.3, 0.4) is 0 Å². The van der Waals surface area contributed by atoms with Gasteiger partial charge in [0.05, 0.1) is 12.6 Å². The number of aliphatic imine (C=N–C) groups is 1. The van der Waals surface area contributed by atoms with Crippen molar-refractivity contribution in [2.75, 3.05) is 13.2 Å². The molecule has 17 heavy (non-hydrogen) atoms. The zero-order valence-corrected chi connectivity index (χ0v) is 9.78. The van der Waals surface area contributed by atoms with Gasteiger partial charge in [-0.25, -0.2) is 0 Å². The van der Waals surface area contributed by atoms with Crippen molar-refractivity contribution in [1.29, 1.82) is 5.26 Å². The highest BCUT2D eigenvalue weighted by Crippen LogP contribution is 2.27. The molecule has 0 amide bonds. The van der Waals surface area contributed by atoms with E-state index in [4.69, 9.17) is 10.00 Å². The summed E-state index contributed by atoms with van der Waals surface area (Å²) in [6.45, 7) is 3.51. The second kappa shape index (κ2) is 5.46. The fourth-order valence-corrected chi connectivity index (χ4v) is 2.08. The normalized spacial score (nSPS) is 24.8. The van der Waals surface area contributed by atoms with Crippen molar-refractivity contribution in [3.63, 3.8) is 0 Å². The first-order chi connectivity index (χ1) is 8.33. The van der Waals surface area contributed by atoms with Gasteiger partial charge in [-0.15, -0.1) is 0 Å². The van der Waals surface area contributed by atoms with E-state index in [1.54, 1.807) is 12.5 Å². The Morgan fingerprint density at radius 2 is 2.24 bits per heavy atom. The minimum Gasteiger partial charge on any atom is -0.370 e. The number of ether oxygens (including phenoxy) is 1. The van der Waals surface area contributed by atoms with Crippen LogP contribution in [0.1, 0.15) is 18.6 Å². The minimum atomic E-state index is 0.0371. The summed E-state index contributed by atoms with van der Waals surface area (Å²) in [6.07, 6.45) is 3.41. The third-order valence-corrected chi connectivity index (χ3v) is 3.00. The summed E-state index contributed by atoms with van der Waals surface area (Å²) in [6, 6.07) is 10.3. The Kier molecular flexibility index (Phi) is 3.73. The van der Waals surface area contributed by atoms with Crippen LogP contribution in [-0.4, -0.2) is 30.4 Å². The van der Waals surface area contributed by atoms with Gasteiger partial charge in [-0.1, -0.05) is 30.3 Å². The molecule has 4 nitrogen and oxygen atoms in total. The van der Waals surface area contributed by atoms with Crippen LogP contribution in [0.2, 0.25) is 0 Å². The molecular weight excluding hydrogens is 214 g/mol. The monoisotopic (exact) mass is 229 g/mol. The van der Waals surface area contributed by atoms with Crippen LogP contribution in [0.15, 0.2) is 35.3 Å². The van der Waals surface area contributed by atoms with E-state index >= 15 is 0 Å². The van der Waals surface area contributed by atoms with Crippen LogP contribution < -0.4 is 0 Å². The maximum Gasteiger partial charge on any atom is 0.207 e. The van der Waals surface area contributed by atoms with Crippen LogP contribution in [0.5, 0.6) is 0 Å². The van der Waals surface area contributed by atoms with E-state index in [2.05, 4.69) is 24.0 Å². The first kappa shape index (κ1) is 11.6. The topological polar surface area (TPSA) is 48.6 Å². The Hall–Kier alpha value is -1.86. The summed E-state index contributed by atoms with van der Waals surface area (Å²) in [5.74, 6) is 0. The lowest BCUT2D eigenvalue weighted by molar-refractivity contribution is -0.0395. The summed E-state index contributed by atoms with van der Waals surface area (Å²) >= 11 is 0. The highest BCUT2D eigenvalue weighted by molar-refractivity contribution is 5.57. The fourth-order valence-electron chi connectivity index (χ4n) is 2.08. The number of hydrogen-bond acceptors (Lipinski definition) is 3. The van der Waals surface area contributed by atoms with Crippen LogP contribution in [0.4, 0.5) is 0 Å². The fraction of sp³-hybridized carbons (Fsp3) is 0.385. The first-order valence-corrected chi connectivity index (χ1v) is 5.67. The smallest absolute Gasteiger partial charge is 0.207 e. The van der Waals surface area contributed by atoms with Crippen molar-refractivity contribution in [2.24, 2.45) is 4.99 Å². The zero-order valence-electron chi connectivity index (χ0n) is 9.78. The van der Waals surface area contributed by atoms with Gasteiger partial charge in [0.15, 0.2) is 0 Å². The molecule has 1 heterocycles. The Balaban J connectivity index is 2.14. The van der Waals surface area contributed by atoms with E-state index in [0.29, 0.717) is 6.61 Å². The van der Waals surface area contributed by atoms with Crippen molar-refractivity contribution in [3.05, 3.63) is 35.9 Å². The summed E-state index contributed by atoms with van der Waals surface area (Å²) in [5, 5.41) is 8.46. The van der Waals surface area contributed by atoms with Crippen LogP contribution in [-0.2, 0) is 4.74 Å². The molecular formula is C13H15N3O. The van der Waals surface area contributed by atoms with Gasteiger partial charge in [0, 0.05) is 6.54 Å². The highest BCUT2D eigenvalue weighted by Gasteiger charge is 2.28. The third-order valence-electron chi connectivity index (χ3n) is 3.00. The van der Waals surface area contributed by atoms with Gasteiger partial charge >= 0.3 is 0 Å². The molecule has 0 bridgehead atoms. The SMILES string of the molecule is CC1C(c2ccccc2)OCCN1C=NC#N. The Labute approximate surface area is 101 Å². The lowest BCUT2D eigenvalue weighted by Gasteiger charge is -2.38. The van der Waals surface area contributed by atoms with Gasteiger partial charge in [-0.05, 0) is 12.5 Å². The molecule has 0 aliphatic carbocycles. The third kappa shape index (κ3) is 2.63. The molecule has 2 atom stereocenters. The molecule has 2 rings (SSSR count). The Bertz CT molecular complexity index is 424. The van der Waals surface area contributed by atoms with Gasteiger partial charge in [0.1, 0.15) is 12.4 Å². The van der Waals surface area contributed by atoms with Crippen molar-refractivity contribution < 1.29 is 4.74 Å². The minimum absolute atomic E-state index is 0.0371. The molecule has 1 saturated heterocycles. The molecule has 4 heteroatoms. The number of morpholine rings is 1. The second-order valence-corrected chi connectivity index (χ2v) is 4.03. The molecule has 0 N–H and O–H groups in total. The first-order valence-electron chi connectivity index (χ1n) is 5.67. The molecule has 1 aliphatic rings. The molecule has 0 spiro atoms. The molecule has 0 saturated carbocycles. The summed E-state index contributed by atoms with van der Waals surface area (Å²) < 4.78 is 5.80. The predicted octanol–water partition coefficient (Wildman–Crippen LogP) is 1.96. The van der Waals surface area contributed by atoms with Crippen molar-refractivity contribution in [1.82, 2.24) is 4.90 Å². The predicted molar refractivity (Wildman–Crippen MR) is 65.4 cm³/mol. The van der Waals surface area contributed by atoms with Gasteiger partial charge < -0.3 is 9.64 Å². The number of hydrogen-bond donors (Lipinski definition) is 0. The lowest BCUT2D eigenvalue weighted by Crippen LogP contribution is -2.44. The quantitative estimate of drug-likeness (QED) is 0.442. The van der Waals surface area contributed by atoms with Crippen molar-refractivity contribution in [2.45, 2.75) is 19.1 Å². The van der Waals surface area contributed by atoms with Gasteiger partial charge in [-0.2, -0.15) is 10.3 Å². The van der Waals surface area contributed by atoms with Crippen molar-refractivity contribution in [3.8, 4) is 6.19 Å². The van der Waals surface area contributed by atoms with Gasteiger partial charge in [0.2, 0.25) is 6.19 Å². The van der Waals surface area contributed by atoms with Gasteiger partial charge in [-0.3, -0.25) is 0 Å². The average Bonchev–Trinajstić information content (AvgIpc) is 2.39. The molecule has 2 unspecified atom stereocenters. The maximum atomic E-state index is 8.46. The molecule has 1 aliphatic heterocycles. The van der Waals surface area contributed by atoms with Crippen molar-refractivity contribution >= 4 is 6.34 Å². The molecule has 1 fully saturated rings. The average molecular weight is 229 g/mol. The van der Waals surface area contributed by atoms with Gasteiger partial charge in [0.25, 0.3) is 0 Å². The summed E-state index contributed by atoms with van der Waals surface area (Å²) in [7, 11) is 0. The second-order valence-electron chi connectivity index (χ2n) is 4.03. The molecule has 1 aromatic carbocycles.